The van der Waals surface area contributed by atoms with Crippen LogP contribution in [-0.2, 0) is 52.3 Å². The summed E-state index contributed by atoms with van der Waals surface area (Å²) >= 11 is 0. The zero-order chi connectivity index (χ0) is 42.8. The van der Waals surface area contributed by atoms with Crippen molar-refractivity contribution in [3.05, 3.63) is 24.3 Å². The topological polar surface area (TPSA) is 189 Å². The standard InChI is InChI=1S/C42H71NO14/c1-13-29-20-24(4)30(45)18-16-14-15-17-25(5)51-33(47)21-31(54-28(8)44)39(50-12)38(29)57-41-36(48)35(43(10)11)37(26(6)53-41)56-34-22-42(9,49)40(27(7)52-34)55-32(46)19-23(2)3/h14-16,18,23-27,29-31,34-41,45,48-49H,13,17,19-22H2,1-12H3/b15-14+,18-16+/t24-,25-,26?,27?,29+,30+,31-,34?,35?,36?,37?,38+,39+,40?,41?,42?/m1/s1. The predicted octanol–water partition coefficient (Wildman–Crippen LogP) is 3.83. The molecule has 3 aliphatic heterocycles. The summed E-state index contributed by atoms with van der Waals surface area (Å²) in [6, 6.07) is -0.712. The fourth-order valence-electron chi connectivity index (χ4n) is 8.12. The second kappa shape index (κ2) is 22.2. The molecule has 9 unspecified atom stereocenters. The number of likely N-dealkylation sites (N-methyl/N-ethyl adjacent to an activating group) is 1. The molecule has 0 aromatic heterocycles. The van der Waals surface area contributed by atoms with E-state index in [2.05, 4.69) is 0 Å². The molecule has 3 aliphatic rings. The first-order valence-electron chi connectivity index (χ1n) is 20.5. The highest BCUT2D eigenvalue weighted by atomic mass is 16.7. The summed E-state index contributed by atoms with van der Waals surface area (Å²) in [7, 11) is 5.02. The molecule has 0 spiro atoms. The van der Waals surface area contributed by atoms with Gasteiger partial charge in [0.15, 0.2) is 18.7 Å². The zero-order valence-electron chi connectivity index (χ0n) is 36.1. The highest BCUT2D eigenvalue weighted by Crippen LogP contribution is 2.38. The van der Waals surface area contributed by atoms with Crippen LogP contribution in [0.1, 0.15) is 101 Å². The average molecular weight is 814 g/mol. The van der Waals surface area contributed by atoms with Gasteiger partial charge in [0.05, 0.1) is 36.9 Å². The summed E-state index contributed by atoms with van der Waals surface area (Å²) in [5.74, 6) is -2.14. The molecule has 328 valence electrons. The van der Waals surface area contributed by atoms with Crippen molar-refractivity contribution >= 4 is 17.9 Å². The number of aliphatic hydroxyl groups excluding tert-OH is 2. The normalized spacial score (nSPS) is 41.3. The molecule has 15 nitrogen and oxygen atoms in total. The molecule has 0 amide bonds. The van der Waals surface area contributed by atoms with Crippen molar-refractivity contribution in [1.82, 2.24) is 4.90 Å². The van der Waals surface area contributed by atoms with E-state index in [0.717, 1.165) is 0 Å². The Bertz CT molecular complexity index is 1340. The van der Waals surface area contributed by atoms with Crippen LogP contribution in [0.2, 0.25) is 0 Å². The Hall–Kier alpha value is -2.47. The van der Waals surface area contributed by atoms with Crippen LogP contribution in [0.25, 0.3) is 0 Å². The van der Waals surface area contributed by atoms with Gasteiger partial charge >= 0.3 is 17.9 Å². The van der Waals surface area contributed by atoms with E-state index in [1.807, 2.05) is 33.8 Å². The number of hydrogen-bond acceptors (Lipinski definition) is 15. The quantitative estimate of drug-likeness (QED) is 0.202. The highest BCUT2D eigenvalue weighted by molar-refractivity contribution is 5.72. The molecule has 0 aliphatic carbocycles. The number of carbonyl (C=O) groups excluding carboxylic acids is 3. The predicted molar refractivity (Wildman–Crippen MR) is 209 cm³/mol. The Labute approximate surface area is 339 Å². The first kappa shape index (κ1) is 48.9. The number of esters is 3. The van der Waals surface area contributed by atoms with E-state index in [1.54, 1.807) is 64.9 Å². The van der Waals surface area contributed by atoms with Crippen molar-refractivity contribution in [2.45, 2.75) is 186 Å². The molecular formula is C42H71NO14. The van der Waals surface area contributed by atoms with E-state index in [4.69, 9.17) is 37.9 Å². The lowest BCUT2D eigenvalue weighted by atomic mass is 9.82. The first-order valence-corrected chi connectivity index (χ1v) is 20.5. The third-order valence-corrected chi connectivity index (χ3v) is 11.0. The molecule has 3 rings (SSSR count). The second-order valence-corrected chi connectivity index (χ2v) is 17.0. The number of nitrogens with zero attached hydrogens (tertiary/aromatic N) is 1. The van der Waals surface area contributed by atoms with Crippen molar-refractivity contribution < 1.29 is 67.6 Å². The Balaban J connectivity index is 1.95. The third-order valence-electron chi connectivity index (χ3n) is 11.0. The molecule has 0 saturated carbocycles. The second-order valence-electron chi connectivity index (χ2n) is 17.0. The fraction of sp³-hybridized carbons (Fsp3) is 0.833. The summed E-state index contributed by atoms with van der Waals surface area (Å²) in [5.41, 5.74) is -1.47. The highest BCUT2D eigenvalue weighted by Gasteiger charge is 2.53. The number of aliphatic hydroxyl groups is 3. The zero-order valence-corrected chi connectivity index (χ0v) is 36.1. The molecule has 3 N–H and O–H groups in total. The van der Waals surface area contributed by atoms with Crippen molar-refractivity contribution in [3.63, 3.8) is 0 Å². The average Bonchev–Trinajstić information content (AvgIpc) is 3.09. The minimum absolute atomic E-state index is 0.0135. The van der Waals surface area contributed by atoms with E-state index in [0.29, 0.717) is 19.3 Å². The van der Waals surface area contributed by atoms with Gasteiger partial charge in [-0.2, -0.15) is 0 Å². The largest absolute Gasteiger partial charge is 0.462 e. The van der Waals surface area contributed by atoms with Crippen LogP contribution >= 0.6 is 0 Å². The molecule has 0 aromatic carbocycles. The molecule has 2 fully saturated rings. The monoisotopic (exact) mass is 813 g/mol. The molecule has 0 aromatic rings. The van der Waals surface area contributed by atoms with Gasteiger partial charge in [-0.05, 0) is 66.0 Å². The number of rotatable bonds is 11. The fourth-order valence-corrected chi connectivity index (χ4v) is 8.12. The van der Waals surface area contributed by atoms with Gasteiger partial charge in [0.2, 0.25) is 0 Å². The lowest BCUT2D eigenvalue weighted by Gasteiger charge is -2.50. The lowest BCUT2D eigenvalue weighted by Crippen LogP contribution is -2.66. The Morgan fingerprint density at radius 2 is 1.68 bits per heavy atom. The van der Waals surface area contributed by atoms with E-state index in [9.17, 15) is 29.7 Å². The van der Waals surface area contributed by atoms with E-state index in [1.165, 1.54) is 14.0 Å². The van der Waals surface area contributed by atoms with Crippen molar-refractivity contribution in [2.24, 2.45) is 17.8 Å². The Kier molecular flexibility index (Phi) is 19.1. The third kappa shape index (κ3) is 14.1. The summed E-state index contributed by atoms with van der Waals surface area (Å²) in [5, 5.41) is 34.6. The molecule has 3 heterocycles. The maximum absolute atomic E-state index is 13.2. The number of ether oxygens (including phenoxy) is 8. The SMILES string of the molecule is CC[C@H]1C[C@@H](C)[C@@H](O)/C=C/C=C/C[C@@H](C)OC(=O)C[C@@H](OC(C)=O)[C@H](OC)[C@H]1OC1OC(C)C(OC2CC(C)(O)C(OC(=O)CC(C)C)C(C)O2)C(N(C)C)C1O. The molecule has 16 atom stereocenters. The minimum atomic E-state index is -1.47. The molecular weight excluding hydrogens is 742 g/mol. The Morgan fingerprint density at radius 3 is 2.26 bits per heavy atom. The maximum atomic E-state index is 13.2. The number of allylic oxidation sites excluding steroid dienone is 2. The summed E-state index contributed by atoms with van der Waals surface area (Å²) in [4.78, 5) is 40.0. The Morgan fingerprint density at radius 1 is 1.00 bits per heavy atom. The van der Waals surface area contributed by atoms with Crippen LogP contribution in [0.3, 0.4) is 0 Å². The smallest absolute Gasteiger partial charge is 0.309 e. The van der Waals surface area contributed by atoms with Gasteiger partial charge < -0.3 is 58.1 Å². The molecule has 0 radical (unpaired) electrons. The molecule has 57 heavy (non-hydrogen) atoms. The van der Waals surface area contributed by atoms with Gasteiger partial charge in [0, 0.05) is 33.3 Å². The summed E-state index contributed by atoms with van der Waals surface area (Å²) < 4.78 is 48.9. The van der Waals surface area contributed by atoms with Crippen LogP contribution in [0.5, 0.6) is 0 Å². The van der Waals surface area contributed by atoms with Crippen LogP contribution in [0, 0.1) is 17.8 Å². The van der Waals surface area contributed by atoms with Crippen LogP contribution in [-0.4, -0.2) is 145 Å². The van der Waals surface area contributed by atoms with Crippen molar-refractivity contribution in [3.8, 4) is 0 Å². The van der Waals surface area contributed by atoms with Crippen molar-refractivity contribution in [2.75, 3.05) is 21.2 Å². The maximum Gasteiger partial charge on any atom is 0.309 e. The lowest BCUT2D eigenvalue weighted by molar-refractivity contribution is -0.344. The van der Waals surface area contributed by atoms with Gasteiger partial charge in [-0.1, -0.05) is 58.4 Å². The van der Waals surface area contributed by atoms with E-state index >= 15 is 0 Å². The number of methoxy groups -OCH3 is 1. The van der Waals surface area contributed by atoms with Crippen LogP contribution < -0.4 is 0 Å². The van der Waals surface area contributed by atoms with Crippen molar-refractivity contribution in [1.29, 1.82) is 0 Å². The van der Waals surface area contributed by atoms with Crippen LogP contribution in [0.4, 0.5) is 0 Å². The van der Waals surface area contributed by atoms with Gasteiger partial charge in [-0.25, -0.2) is 0 Å². The van der Waals surface area contributed by atoms with Gasteiger partial charge in [-0.3, -0.25) is 14.4 Å². The van der Waals surface area contributed by atoms with Gasteiger partial charge in [0.1, 0.15) is 36.1 Å². The van der Waals surface area contributed by atoms with Gasteiger partial charge in [0.25, 0.3) is 0 Å². The molecule has 2 saturated heterocycles. The molecule has 15 heteroatoms. The minimum Gasteiger partial charge on any atom is -0.462 e. The number of hydrogen-bond donors (Lipinski definition) is 3. The summed E-state index contributed by atoms with van der Waals surface area (Å²) in [6.07, 6.45) is -2.50. The molecule has 0 bridgehead atoms. The van der Waals surface area contributed by atoms with Crippen LogP contribution in [0.15, 0.2) is 24.3 Å². The summed E-state index contributed by atoms with van der Waals surface area (Å²) in [6.45, 7) is 15.8. The van der Waals surface area contributed by atoms with E-state index in [-0.39, 0.29) is 37.0 Å². The van der Waals surface area contributed by atoms with Gasteiger partial charge in [-0.15, -0.1) is 0 Å². The number of cyclic esters (lactones) is 1. The number of carbonyl (C=O) groups is 3. The van der Waals surface area contributed by atoms with E-state index < -0.39 is 103 Å². The first-order chi connectivity index (χ1) is 26.7.